The van der Waals surface area contributed by atoms with E-state index in [1.807, 2.05) is 0 Å². The van der Waals surface area contributed by atoms with Crippen molar-refractivity contribution in [2.45, 2.75) is 26.3 Å². The molecule has 0 fully saturated rings. The van der Waals surface area contributed by atoms with Gasteiger partial charge in [-0.3, -0.25) is 14.4 Å². The molecule has 18 heavy (non-hydrogen) atoms. The summed E-state index contributed by atoms with van der Waals surface area (Å²) >= 11 is 0.954. The molecule has 0 aromatic heterocycles. The molecule has 2 atom stereocenters. The van der Waals surface area contributed by atoms with E-state index in [1.54, 1.807) is 0 Å². The van der Waals surface area contributed by atoms with Crippen molar-refractivity contribution in [1.29, 1.82) is 0 Å². The number of carbonyl (C=O) groups is 4. The van der Waals surface area contributed by atoms with E-state index >= 15 is 0 Å². The Bertz CT molecular complexity index is 356. The SMILES string of the molecule is CC(=O)SC[C@@H](C)C(=O)N[C@@H](CC(=O)O)C(=O)O. The van der Waals surface area contributed by atoms with Crippen molar-refractivity contribution in [3.8, 4) is 0 Å². The van der Waals surface area contributed by atoms with Crippen molar-refractivity contribution < 1.29 is 29.4 Å². The number of amides is 1. The fourth-order valence-electron chi connectivity index (χ4n) is 1.01. The average Bonchev–Trinajstić information content (AvgIpc) is 2.23. The Morgan fingerprint density at radius 2 is 1.78 bits per heavy atom. The van der Waals surface area contributed by atoms with Crippen LogP contribution in [-0.4, -0.2) is 45.0 Å². The molecule has 0 radical (unpaired) electrons. The smallest absolute Gasteiger partial charge is 0.326 e. The van der Waals surface area contributed by atoms with Gasteiger partial charge in [0.25, 0.3) is 0 Å². The van der Waals surface area contributed by atoms with Gasteiger partial charge < -0.3 is 15.5 Å². The monoisotopic (exact) mass is 277 g/mol. The summed E-state index contributed by atoms with van der Waals surface area (Å²) in [5.74, 6) is -3.65. The van der Waals surface area contributed by atoms with Crippen molar-refractivity contribution >= 4 is 34.7 Å². The van der Waals surface area contributed by atoms with Crippen LogP contribution in [0.3, 0.4) is 0 Å². The fraction of sp³-hybridized carbons (Fsp3) is 0.600. The van der Waals surface area contributed by atoms with E-state index in [0.29, 0.717) is 0 Å². The lowest BCUT2D eigenvalue weighted by atomic mass is 10.1. The summed E-state index contributed by atoms with van der Waals surface area (Å²) in [6, 6.07) is -1.46. The molecule has 0 heterocycles. The standard InChI is InChI=1S/C10H15NO6S/c1-5(4-18-6(2)12)9(15)11-7(10(16)17)3-8(13)14/h5,7H,3-4H2,1-2H3,(H,11,15)(H,13,14)(H,16,17)/t5-,7+/m1/s1. The van der Waals surface area contributed by atoms with E-state index in [-0.39, 0.29) is 10.9 Å². The second kappa shape index (κ2) is 7.70. The van der Waals surface area contributed by atoms with Gasteiger partial charge in [-0.15, -0.1) is 0 Å². The van der Waals surface area contributed by atoms with Crippen LogP contribution in [0.25, 0.3) is 0 Å². The molecule has 8 heteroatoms. The molecule has 0 aromatic rings. The number of thioether (sulfide) groups is 1. The Hall–Kier alpha value is -1.57. The van der Waals surface area contributed by atoms with Crippen molar-refractivity contribution in [1.82, 2.24) is 5.32 Å². The minimum absolute atomic E-state index is 0.144. The van der Waals surface area contributed by atoms with E-state index in [9.17, 15) is 19.2 Å². The minimum Gasteiger partial charge on any atom is -0.481 e. The number of nitrogens with one attached hydrogen (secondary N) is 1. The van der Waals surface area contributed by atoms with Crippen LogP contribution < -0.4 is 5.32 Å². The van der Waals surface area contributed by atoms with Crippen LogP contribution >= 0.6 is 11.8 Å². The van der Waals surface area contributed by atoms with Crippen LogP contribution in [0.4, 0.5) is 0 Å². The number of aliphatic carboxylic acids is 2. The maximum Gasteiger partial charge on any atom is 0.326 e. The van der Waals surface area contributed by atoms with E-state index in [0.717, 1.165) is 11.8 Å². The average molecular weight is 277 g/mol. The van der Waals surface area contributed by atoms with Crippen LogP contribution in [0.1, 0.15) is 20.3 Å². The third-order valence-electron chi connectivity index (χ3n) is 1.98. The highest BCUT2D eigenvalue weighted by Gasteiger charge is 2.25. The lowest BCUT2D eigenvalue weighted by Gasteiger charge is -2.15. The molecular weight excluding hydrogens is 262 g/mol. The van der Waals surface area contributed by atoms with Crippen molar-refractivity contribution in [3.05, 3.63) is 0 Å². The summed E-state index contributed by atoms with van der Waals surface area (Å²) < 4.78 is 0. The van der Waals surface area contributed by atoms with Crippen LogP contribution in [0.15, 0.2) is 0 Å². The predicted octanol–water partition coefficient (Wildman–Crippen LogP) is -0.0537. The molecule has 0 aliphatic heterocycles. The maximum atomic E-state index is 11.6. The van der Waals surface area contributed by atoms with Crippen LogP contribution in [0.2, 0.25) is 0 Å². The van der Waals surface area contributed by atoms with Gasteiger partial charge in [0.1, 0.15) is 6.04 Å². The Balaban J connectivity index is 4.36. The van der Waals surface area contributed by atoms with E-state index < -0.39 is 36.2 Å². The molecule has 102 valence electrons. The quantitative estimate of drug-likeness (QED) is 0.596. The number of carboxylic acid groups (broad SMARTS) is 2. The van der Waals surface area contributed by atoms with Gasteiger partial charge in [-0.1, -0.05) is 18.7 Å². The summed E-state index contributed by atoms with van der Waals surface area (Å²) in [6.45, 7) is 2.89. The van der Waals surface area contributed by atoms with Gasteiger partial charge in [-0.2, -0.15) is 0 Å². The van der Waals surface area contributed by atoms with E-state index in [4.69, 9.17) is 10.2 Å². The molecule has 0 bridgehead atoms. The van der Waals surface area contributed by atoms with Gasteiger partial charge in [0.2, 0.25) is 5.91 Å². The molecule has 0 saturated carbocycles. The van der Waals surface area contributed by atoms with Gasteiger partial charge >= 0.3 is 11.9 Å². The Morgan fingerprint density at radius 1 is 1.22 bits per heavy atom. The third-order valence-corrected chi connectivity index (χ3v) is 3.05. The van der Waals surface area contributed by atoms with E-state index in [1.165, 1.54) is 13.8 Å². The first-order valence-corrected chi connectivity index (χ1v) is 6.11. The van der Waals surface area contributed by atoms with Gasteiger partial charge in [-0.05, 0) is 0 Å². The molecule has 0 aromatic carbocycles. The second-order valence-electron chi connectivity index (χ2n) is 3.70. The lowest BCUT2D eigenvalue weighted by molar-refractivity contribution is -0.147. The largest absolute Gasteiger partial charge is 0.481 e. The Kier molecular flexibility index (Phi) is 7.03. The zero-order chi connectivity index (χ0) is 14.3. The first-order chi connectivity index (χ1) is 8.23. The Morgan fingerprint density at radius 3 is 2.17 bits per heavy atom. The summed E-state index contributed by atoms with van der Waals surface area (Å²) in [6.07, 6.45) is -0.687. The van der Waals surface area contributed by atoms with Crippen molar-refractivity contribution in [2.75, 3.05) is 5.75 Å². The lowest BCUT2D eigenvalue weighted by Crippen LogP contribution is -2.44. The topological polar surface area (TPSA) is 121 Å². The molecular formula is C10H15NO6S. The zero-order valence-electron chi connectivity index (χ0n) is 10.0. The number of hydrogen-bond donors (Lipinski definition) is 3. The number of carbonyl (C=O) groups excluding carboxylic acids is 2. The normalized spacial score (nSPS) is 13.4. The highest BCUT2D eigenvalue weighted by Crippen LogP contribution is 2.09. The van der Waals surface area contributed by atoms with Gasteiger partial charge in [0.15, 0.2) is 5.12 Å². The summed E-state index contributed by atoms with van der Waals surface area (Å²) in [5.41, 5.74) is 0. The molecule has 0 saturated heterocycles. The Labute approximate surface area is 108 Å². The number of carboxylic acids is 2. The van der Waals surface area contributed by atoms with Gasteiger partial charge in [0.05, 0.1) is 6.42 Å². The summed E-state index contributed by atoms with van der Waals surface area (Å²) in [4.78, 5) is 43.4. The van der Waals surface area contributed by atoms with Crippen molar-refractivity contribution in [2.24, 2.45) is 5.92 Å². The highest BCUT2D eigenvalue weighted by molar-refractivity contribution is 8.13. The first-order valence-electron chi connectivity index (χ1n) is 5.12. The second-order valence-corrected chi connectivity index (χ2v) is 4.90. The van der Waals surface area contributed by atoms with Crippen LogP contribution in [-0.2, 0) is 19.2 Å². The molecule has 0 rings (SSSR count). The molecule has 1 amide bonds. The molecule has 3 N–H and O–H groups in total. The van der Waals surface area contributed by atoms with Gasteiger partial charge in [-0.25, -0.2) is 4.79 Å². The van der Waals surface area contributed by atoms with Gasteiger partial charge in [0, 0.05) is 18.6 Å². The van der Waals surface area contributed by atoms with E-state index in [2.05, 4.69) is 5.32 Å². The zero-order valence-corrected chi connectivity index (χ0v) is 10.8. The number of hydrogen-bond acceptors (Lipinski definition) is 5. The molecule has 0 aliphatic rings. The molecule has 0 unspecified atom stereocenters. The number of rotatable bonds is 7. The fourth-order valence-corrected chi connectivity index (χ4v) is 1.64. The predicted molar refractivity (Wildman–Crippen MR) is 64.1 cm³/mol. The van der Waals surface area contributed by atoms with Crippen LogP contribution in [0.5, 0.6) is 0 Å². The van der Waals surface area contributed by atoms with Crippen LogP contribution in [0, 0.1) is 5.92 Å². The third kappa shape index (κ3) is 6.89. The summed E-state index contributed by atoms with van der Waals surface area (Å²) in [7, 11) is 0. The minimum atomic E-state index is -1.46. The van der Waals surface area contributed by atoms with Crippen molar-refractivity contribution in [3.63, 3.8) is 0 Å². The summed E-state index contributed by atoms with van der Waals surface area (Å²) in [5, 5.41) is 19.2. The molecule has 0 spiro atoms. The molecule has 7 nitrogen and oxygen atoms in total. The molecule has 0 aliphatic carbocycles. The maximum absolute atomic E-state index is 11.6. The highest BCUT2D eigenvalue weighted by atomic mass is 32.2. The first kappa shape index (κ1) is 16.4.